The Morgan fingerprint density at radius 2 is 1.89 bits per heavy atom. The van der Waals surface area contributed by atoms with Crippen LogP contribution in [0.1, 0.15) is 26.2 Å². The highest BCUT2D eigenvalue weighted by molar-refractivity contribution is 5.78. The highest BCUT2D eigenvalue weighted by Gasteiger charge is 2.24. The number of aromatic nitrogens is 1. The smallest absolute Gasteiger partial charge is 0.260 e. The van der Waals surface area contributed by atoms with E-state index in [2.05, 4.69) is 17.2 Å². The molecule has 0 saturated carbocycles. The number of hydrogen-bond acceptors (Lipinski definition) is 5. The van der Waals surface area contributed by atoms with E-state index in [4.69, 9.17) is 9.47 Å². The second-order valence-electron chi connectivity index (χ2n) is 6.60. The zero-order chi connectivity index (χ0) is 18.9. The van der Waals surface area contributed by atoms with Crippen LogP contribution in [0.5, 0.6) is 17.4 Å². The van der Waals surface area contributed by atoms with Crippen molar-refractivity contribution in [1.82, 2.24) is 15.2 Å². The minimum atomic E-state index is 0.0533. The van der Waals surface area contributed by atoms with Gasteiger partial charge in [-0.2, -0.15) is 0 Å². The average Bonchev–Trinajstić information content (AvgIpc) is 2.73. The topological polar surface area (TPSA) is 63.7 Å². The Hall–Kier alpha value is -2.60. The fourth-order valence-corrected chi connectivity index (χ4v) is 3.23. The Kier molecular flexibility index (Phi) is 7.04. The van der Waals surface area contributed by atoms with Gasteiger partial charge in [0.15, 0.2) is 6.61 Å². The molecule has 3 rings (SSSR count). The van der Waals surface area contributed by atoms with Crippen molar-refractivity contribution in [3.8, 4) is 17.4 Å². The Morgan fingerprint density at radius 1 is 1.15 bits per heavy atom. The predicted octanol–water partition coefficient (Wildman–Crippen LogP) is 3.24. The zero-order valence-electron chi connectivity index (χ0n) is 15.8. The fraction of sp³-hybridized carbons (Fsp3) is 0.429. The molecular weight excluding hydrogens is 342 g/mol. The molecule has 1 aliphatic rings. The summed E-state index contributed by atoms with van der Waals surface area (Å²) < 4.78 is 11.4. The van der Waals surface area contributed by atoms with Gasteiger partial charge in [-0.15, -0.1) is 0 Å². The van der Waals surface area contributed by atoms with Crippen molar-refractivity contribution < 1.29 is 14.3 Å². The maximum Gasteiger partial charge on any atom is 0.260 e. The lowest BCUT2D eigenvalue weighted by Gasteiger charge is -2.34. The highest BCUT2D eigenvalue weighted by Crippen LogP contribution is 2.22. The van der Waals surface area contributed by atoms with Gasteiger partial charge in [-0.1, -0.05) is 13.0 Å². The minimum Gasteiger partial charge on any atom is -0.484 e. The number of benzene rings is 1. The third-order valence-electron chi connectivity index (χ3n) is 4.58. The van der Waals surface area contributed by atoms with Crippen LogP contribution in [0.4, 0.5) is 0 Å². The van der Waals surface area contributed by atoms with Crippen molar-refractivity contribution in [3.63, 3.8) is 0 Å². The maximum absolute atomic E-state index is 12.7. The molecule has 0 unspecified atom stereocenters. The van der Waals surface area contributed by atoms with Crippen molar-refractivity contribution >= 4 is 5.91 Å². The van der Waals surface area contributed by atoms with Gasteiger partial charge in [0.25, 0.3) is 5.91 Å². The molecule has 27 heavy (non-hydrogen) atoms. The molecule has 6 heteroatoms. The predicted molar refractivity (Wildman–Crippen MR) is 104 cm³/mol. The summed E-state index contributed by atoms with van der Waals surface area (Å²) in [6.07, 6.45) is 4.65. The first kappa shape index (κ1) is 19.2. The Labute approximate surface area is 160 Å². The van der Waals surface area contributed by atoms with Gasteiger partial charge in [0.2, 0.25) is 5.88 Å². The van der Waals surface area contributed by atoms with Crippen molar-refractivity contribution in [2.45, 2.75) is 32.2 Å². The molecule has 1 amide bonds. The number of carbonyl (C=O) groups excluding carboxylic acids is 1. The van der Waals surface area contributed by atoms with Crippen molar-refractivity contribution in [2.75, 3.05) is 26.2 Å². The summed E-state index contributed by atoms with van der Waals surface area (Å²) in [7, 11) is 0. The van der Waals surface area contributed by atoms with E-state index < -0.39 is 0 Å². The van der Waals surface area contributed by atoms with Crippen LogP contribution in [0.3, 0.4) is 0 Å². The monoisotopic (exact) mass is 369 g/mol. The van der Waals surface area contributed by atoms with E-state index in [-0.39, 0.29) is 12.5 Å². The first-order valence-corrected chi connectivity index (χ1v) is 9.58. The summed E-state index contributed by atoms with van der Waals surface area (Å²) in [5, 5.41) is 3.35. The first-order valence-electron chi connectivity index (χ1n) is 9.58. The molecule has 0 spiro atoms. The Bertz CT molecular complexity index is 700. The summed E-state index contributed by atoms with van der Waals surface area (Å²) in [6.45, 7) is 4.88. The molecule has 1 aromatic carbocycles. The number of nitrogens with one attached hydrogen (secondary N) is 1. The van der Waals surface area contributed by atoms with Gasteiger partial charge >= 0.3 is 0 Å². The van der Waals surface area contributed by atoms with Gasteiger partial charge in [0, 0.05) is 24.8 Å². The SMILES string of the molecule is CCCN(C(=O)COc1ccc(Oc2ccccn2)cc1)C1CCNCC1. The number of piperidine rings is 1. The van der Waals surface area contributed by atoms with Gasteiger partial charge in [0.05, 0.1) is 0 Å². The van der Waals surface area contributed by atoms with Gasteiger partial charge in [-0.3, -0.25) is 4.79 Å². The van der Waals surface area contributed by atoms with Crippen molar-refractivity contribution in [1.29, 1.82) is 0 Å². The second-order valence-corrected chi connectivity index (χ2v) is 6.60. The molecule has 144 valence electrons. The van der Waals surface area contributed by atoms with Gasteiger partial charge in [-0.25, -0.2) is 4.98 Å². The molecule has 1 aliphatic heterocycles. The van der Waals surface area contributed by atoms with Crippen molar-refractivity contribution in [3.05, 3.63) is 48.7 Å². The molecule has 1 N–H and O–H groups in total. The van der Waals surface area contributed by atoms with E-state index >= 15 is 0 Å². The summed E-state index contributed by atoms with van der Waals surface area (Å²) >= 11 is 0. The third-order valence-corrected chi connectivity index (χ3v) is 4.58. The number of ether oxygens (including phenoxy) is 2. The molecule has 0 radical (unpaired) electrons. The summed E-state index contributed by atoms with van der Waals surface area (Å²) in [5.74, 6) is 1.92. The zero-order valence-corrected chi connectivity index (χ0v) is 15.8. The molecule has 1 fully saturated rings. The molecule has 0 aliphatic carbocycles. The minimum absolute atomic E-state index is 0.0533. The molecule has 2 aromatic rings. The molecule has 2 heterocycles. The van der Waals surface area contributed by atoms with Crippen LogP contribution in [-0.4, -0.2) is 48.1 Å². The lowest BCUT2D eigenvalue weighted by atomic mass is 10.0. The fourth-order valence-electron chi connectivity index (χ4n) is 3.23. The molecule has 1 aromatic heterocycles. The summed E-state index contributed by atoms with van der Waals surface area (Å²) in [6, 6.07) is 13.1. The molecule has 6 nitrogen and oxygen atoms in total. The maximum atomic E-state index is 12.7. The Morgan fingerprint density at radius 3 is 2.56 bits per heavy atom. The quantitative estimate of drug-likeness (QED) is 0.774. The standard InChI is InChI=1S/C21H27N3O3/c1-2-15-24(17-10-13-22-14-11-17)21(25)16-26-18-6-8-19(9-7-18)27-20-5-3-4-12-23-20/h3-9,12,17,22H,2,10-11,13-16H2,1H3. The van der Waals surface area contributed by atoms with Crippen LogP contribution in [-0.2, 0) is 4.79 Å². The highest BCUT2D eigenvalue weighted by atomic mass is 16.5. The van der Waals surface area contributed by atoms with Crippen LogP contribution < -0.4 is 14.8 Å². The summed E-state index contributed by atoms with van der Waals surface area (Å²) in [4.78, 5) is 18.8. The van der Waals surface area contributed by atoms with E-state index in [1.165, 1.54) is 0 Å². The van der Waals surface area contributed by atoms with Crippen LogP contribution >= 0.6 is 0 Å². The molecule has 0 bridgehead atoms. The van der Waals surface area contributed by atoms with Gasteiger partial charge in [-0.05, 0) is 62.7 Å². The number of pyridine rings is 1. The van der Waals surface area contributed by atoms with Crippen LogP contribution in [0.15, 0.2) is 48.7 Å². The number of hydrogen-bond donors (Lipinski definition) is 1. The second kappa shape index (κ2) is 9.92. The van der Waals surface area contributed by atoms with E-state index in [0.717, 1.165) is 38.9 Å². The van der Waals surface area contributed by atoms with Gasteiger partial charge < -0.3 is 19.7 Å². The number of carbonyl (C=O) groups is 1. The normalized spacial score (nSPS) is 14.6. The van der Waals surface area contributed by atoms with E-state index in [0.29, 0.717) is 23.4 Å². The summed E-state index contributed by atoms with van der Waals surface area (Å²) in [5.41, 5.74) is 0. The van der Waals surface area contributed by atoms with Crippen LogP contribution in [0.25, 0.3) is 0 Å². The molecular formula is C21H27N3O3. The third kappa shape index (κ3) is 5.69. The first-order chi connectivity index (χ1) is 13.3. The van der Waals surface area contributed by atoms with E-state index in [9.17, 15) is 4.79 Å². The largest absolute Gasteiger partial charge is 0.484 e. The molecule has 1 saturated heterocycles. The number of nitrogens with zero attached hydrogens (tertiary/aromatic N) is 2. The van der Waals surface area contributed by atoms with Crippen LogP contribution in [0.2, 0.25) is 0 Å². The Balaban J connectivity index is 1.52. The van der Waals surface area contributed by atoms with E-state index in [1.54, 1.807) is 24.4 Å². The van der Waals surface area contributed by atoms with Crippen LogP contribution in [0, 0.1) is 0 Å². The van der Waals surface area contributed by atoms with E-state index in [1.807, 2.05) is 29.2 Å². The lowest BCUT2D eigenvalue weighted by Crippen LogP contribution is -2.48. The number of rotatable bonds is 8. The van der Waals surface area contributed by atoms with Crippen molar-refractivity contribution in [2.24, 2.45) is 0 Å². The molecule has 0 atom stereocenters. The lowest BCUT2D eigenvalue weighted by molar-refractivity contribution is -0.136. The average molecular weight is 369 g/mol. The van der Waals surface area contributed by atoms with Gasteiger partial charge in [0.1, 0.15) is 11.5 Å². The number of amides is 1.